The molecule has 11 heteroatoms. The second kappa shape index (κ2) is 8.23. The van der Waals surface area contributed by atoms with Gasteiger partial charge >= 0.3 is 6.18 Å². The van der Waals surface area contributed by atoms with E-state index >= 15 is 0 Å². The van der Waals surface area contributed by atoms with Gasteiger partial charge in [0, 0.05) is 5.02 Å². The summed E-state index contributed by atoms with van der Waals surface area (Å²) in [6.07, 6.45) is -1.24. The third kappa shape index (κ3) is 4.88. The average Bonchev–Trinajstić information content (AvgIpc) is 3.69. The van der Waals surface area contributed by atoms with Gasteiger partial charge in [0.05, 0.1) is 41.4 Å². The smallest absolute Gasteiger partial charge is 0.354 e. The van der Waals surface area contributed by atoms with E-state index in [1.807, 2.05) is 6.07 Å². The van der Waals surface area contributed by atoms with Crippen molar-refractivity contribution < 1.29 is 22.8 Å². The minimum Gasteiger partial charge on any atom is -0.354 e. The number of anilines is 2. The molecule has 2 amide bonds. The van der Waals surface area contributed by atoms with Gasteiger partial charge in [-0.3, -0.25) is 14.6 Å². The van der Waals surface area contributed by atoms with Crippen molar-refractivity contribution in [1.29, 1.82) is 5.26 Å². The maximum atomic E-state index is 13.2. The Morgan fingerprint density at radius 3 is 2.39 bits per heavy atom. The molecule has 7 nitrogen and oxygen atoms in total. The quantitative estimate of drug-likeness (QED) is 0.557. The number of aromatic nitrogens is 1. The topological polar surface area (TPSA) is 107 Å². The third-order valence-corrected chi connectivity index (χ3v) is 5.99. The van der Waals surface area contributed by atoms with Gasteiger partial charge in [-0.1, -0.05) is 11.6 Å². The van der Waals surface area contributed by atoms with E-state index in [2.05, 4.69) is 20.9 Å². The van der Waals surface area contributed by atoms with Crippen LogP contribution in [0.1, 0.15) is 36.9 Å². The van der Waals surface area contributed by atoms with Crippen molar-refractivity contribution in [2.24, 2.45) is 5.41 Å². The van der Waals surface area contributed by atoms with Crippen LogP contribution in [0.3, 0.4) is 0 Å². The van der Waals surface area contributed by atoms with E-state index in [0.29, 0.717) is 37.1 Å². The maximum absolute atomic E-state index is 13.2. The van der Waals surface area contributed by atoms with Gasteiger partial charge < -0.3 is 16.0 Å². The number of nitrogens with one attached hydrogen (secondary N) is 3. The van der Waals surface area contributed by atoms with Gasteiger partial charge in [0.25, 0.3) is 0 Å². The molecule has 1 aromatic heterocycles. The highest BCUT2D eigenvalue weighted by molar-refractivity contribution is 6.30. The Kier molecular flexibility index (Phi) is 5.70. The molecule has 0 atom stereocenters. The molecule has 0 radical (unpaired) electrons. The van der Waals surface area contributed by atoms with Gasteiger partial charge in [-0.15, -0.1) is 0 Å². The number of hydrogen-bond acceptors (Lipinski definition) is 5. The Morgan fingerprint density at radius 1 is 1.12 bits per heavy atom. The van der Waals surface area contributed by atoms with Crippen molar-refractivity contribution >= 4 is 34.8 Å². The molecule has 2 aliphatic rings. The van der Waals surface area contributed by atoms with Crippen molar-refractivity contribution in [3.63, 3.8) is 0 Å². The van der Waals surface area contributed by atoms with Crippen LogP contribution in [-0.2, 0) is 22.3 Å². The lowest BCUT2D eigenvalue weighted by Gasteiger charge is -2.18. The molecule has 0 spiro atoms. The molecule has 0 aliphatic heterocycles. The lowest BCUT2D eigenvalue weighted by molar-refractivity contribution is -0.137. The van der Waals surface area contributed by atoms with Crippen molar-refractivity contribution in [2.75, 3.05) is 5.32 Å². The number of nitrogens with zero attached hydrogens (tertiary/aromatic N) is 2. The number of nitriles is 1. The van der Waals surface area contributed by atoms with Gasteiger partial charge in [0.2, 0.25) is 11.8 Å². The van der Waals surface area contributed by atoms with Gasteiger partial charge in [-0.2, -0.15) is 18.4 Å². The first kappa shape index (κ1) is 22.9. The number of alkyl halides is 3. The number of carbonyl (C=O) groups is 2. The summed E-state index contributed by atoms with van der Waals surface area (Å²) in [7, 11) is 0. The zero-order chi connectivity index (χ0) is 23.9. The normalized spacial score (nSPS) is 17.4. The molecule has 2 aromatic rings. The highest BCUT2D eigenvalue weighted by Crippen LogP contribution is 2.47. The van der Waals surface area contributed by atoms with E-state index in [0.717, 1.165) is 6.07 Å². The van der Waals surface area contributed by atoms with Crippen LogP contribution in [0.2, 0.25) is 5.02 Å². The first-order chi connectivity index (χ1) is 15.6. The van der Waals surface area contributed by atoms with Crippen LogP contribution in [-0.4, -0.2) is 22.3 Å². The van der Waals surface area contributed by atoms with Crippen molar-refractivity contribution in [3.05, 3.63) is 52.8 Å². The summed E-state index contributed by atoms with van der Waals surface area (Å²) in [5, 5.41) is 17.2. The number of amides is 2. The number of pyridine rings is 1. The standard InChI is InChI=1S/C22H19ClF3N5O2/c23-13-1-4-17(16(9-13)22(24,25)26)30-15-3-2-14(28-11-15)10-29-19(33)21(7-8-21)31-18(32)20(12-27)5-6-20/h1-4,9,11,30H,5-8,10H2,(H,29,33)(H,31,32). The Hall–Kier alpha value is -3.32. The lowest BCUT2D eigenvalue weighted by Crippen LogP contribution is -2.50. The van der Waals surface area contributed by atoms with Crippen LogP contribution < -0.4 is 16.0 Å². The van der Waals surface area contributed by atoms with Crippen molar-refractivity contribution in [1.82, 2.24) is 15.6 Å². The van der Waals surface area contributed by atoms with E-state index in [1.165, 1.54) is 18.3 Å². The zero-order valence-corrected chi connectivity index (χ0v) is 18.0. The first-order valence-electron chi connectivity index (χ1n) is 10.2. The number of carbonyl (C=O) groups excluding carboxylic acids is 2. The van der Waals surface area contributed by atoms with Crippen LogP contribution in [0.25, 0.3) is 0 Å². The Balaban J connectivity index is 1.35. The fourth-order valence-corrected chi connectivity index (χ4v) is 3.52. The highest BCUT2D eigenvalue weighted by Gasteiger charge is 2.57. The molecule has 4 rings (SSSR count). The molecular weight excluding hydrogens is 459 g/mol. The molecule has 0 saturated heterocycles. The summed E-state index contributed by atoms with van der Waals surface area (Å²) in [6, 6.07) is 8.55. The molecule has 0 bridgehead atoms. The molecule has 2 aliphatic carbocycles. The Morgan fingerprint density at radius 2 is 1.85 bits per heavy atom. The van der Waals surface area contributed by atoms with Gasteiger partial charge in [-0.05, 0) is 56.0 Å². The summed E-state index contributed by atoms with van der Waals surface area (Å²) in [5.41, 5.74) is -2.24. The summed E-state index contributed by atoms with van der Waals surface area (Å²) in [4.78, 5) is 29.0. The summed E-state index contributed by atoms with van der Waals surface area (Å²) in [6.45, 7) is 0.0782. The zero-order valence-electron chi connectivity index (χ0n) is 17.2. The molecule has 2 saturated carbocycles. The fourth-order valence-electron chi connectivity index (χ4n) is 3.34. The molecule has 33 heavy (non-hydrogen) atoms. The second-order valence-electron chi connectivity index (χ2n) is 8.26. The minimum absolute atomic E-state index is 0.0263. The van der Waals surface area contributed by atoms with Crippen LogP contribution in [0.15, 0.2) is 36.5 Å². The van der Waals surface area contributed by atoms with Crippen molar-refractivity contribution in [2.45, 2.75) is 43.9 Å². The van der Waals surface area contributed by atoms with Crippen molar-refractivity contribution in [3.8, 4) is 6.07 Å². The first-order valence-corrected chi connectivity index (χ1v) is 10.6. The van der Waals surface area contributed by atoms with E-state index in [-0.39, 0.29) is 23.2 Å². The second-order valence-corrected chi connectivity index (χ2v) is 8.70. The predicted molar refractivity (Wildman–Crippen MR) is 113 cm³/mol. The van der Waals surface area contributed by atoms with Gasteiger partial charge in [-0.25, -0.2) is 0 Å². The SMILES string of the molecule is N#CC1(C(=O)NC2(C(=O)NCc3ccc(Nc4ccc(Cl)cc4C(F)(F)F)cn3)CC2)CC1. The summed E-state index contributed by atoms with van der Waals surface area (Å²) < 4.78 is 39.7. The molecule has 172 valence electrons. The number of halogens is 4. The van der Waals surface area contributed by atoms with Crippen LogP contribution in [0, 0.1) is 16.7 Å². The molecule has 2 fully saturated rings. The molecule has 0 unspecified atom stereocenters. The Labute approximate surface area is 192 Å². The number of hydrogen-bond donors (Lipinski definition) is 3. The van der Waals surface area contributed by atoms with Gasteiger partial charge in [0.1, 0.15) is 11.0 Å². The van der Waals surface area contributed by atoms with Crippen LogP contribution in [0.5, 0.6) is 0 Å². The van der Waals surface area contributed by atoms with E-state index < -0.39 is 28.6 Å². The maximum Gasteiger partial charge on any atom is 0.418 e. The molecule has 1 heterocycles. The number of rotatable bonds is 7. The average molecular weight is 478 g/mol. The number of benzene rings is 1. The van der Waals surface area contributed by atoms with E-state index in [4.69, 9.17) is 16.9 Å². The predicted octanol–water partition coefficient (Wildman–Crippen LogP) is 4.07. The fraction of sp³-hybridized carbons (Fsp3) is 0.364. The monoisotopic (exact) mass is 477 g/mol. The minimum atomic E-state index is -4.58. The van der Waals surface area contributed by atoms with Gasteiger partial charge in [0.15, 0.2) is 0 Å². The molecular formula is C22H19ClF3N5O2. The summed E-state index contributed by atoms with van der Waals surface area (Å²) >= 11 is 5.69. The largest absolute Gasteiger partial charge is 0.418 e. The lowest BCUT2D eigenvalue weighted by atomic mass is 10.1. The highest BCUT2D eigenvalue weighted by atomic mass is 35.5. The third-order valence-electron chi connectivity index (χ3n) is 5.76. The summed E-state index contributed by atoms with van der Waals surface area (Å²) in [5.74, 6) is -0.767. The van der Waals surface area contributed by atoms with Crippen LogP contribution in [0.4, 0.5) is 24.5 Å². The Bertz CT molecular complexity index is 1140. The van der Waals surface area contributed by atoms with E-state index in [1.54, 1.807) is 12.1 Å². The van der Waals surface area contributed by atoms with E-state index in [9.17, 15) is 22.8 Å². The molecule has 3 N–H and O–H groups in total. The van der Waals surface area contributed by atoms with Crippen LogP contribution >= 0.6 is 11.6 Å². The molecule has 1 aromatic carbocycles.